The number of esters is 1. The maximum atomic E-state index is 12.3. The summed E-state index contributed by atoms with van der Waals surface area (Å²) < 4.78 is 10.3. The second-order valence-electron chi connectivity index (χ2n) is 6.27. The Labute approximate surface area is 177 Å². The molecule has 0 radical (unpaired) electrons. The van der Waals surface area contributed by atoms with Gasteiger partial charge in [0.25, 0.3) is 11.8 Å². The van der Waals surface area contributed by atoms with E-state index in [1.165, 1.54) is 30.4 Å². The molecule has 30 heavy (non-hydrogen) atoms. The Balaban J connectivity index is 1.54. The monoisotopic (exact) mass is 424 g/mol. The minimum Gasteiger partial charge on any atom is -0.497 e. The minimum absolute atomic E-state index is 0.218. The molecule has 0 aliphatic heterocycles. The summed E-state index contributed by atoms with van der Waals surface area (Å²) in [6.07, 6.45) is -0.988. The van der Waals surface area contributed by atoms with Gasteiger partial charge in [-0.15, -0.1) is 11.3 Å². The molecule has 154 valence electrons. The van der Waals surface area contributed by atoms with Gasteiger partial charge in [-0.1, -0.05) is 6.07 Å². The van der Waals surface area contributed by atoms with Crippen LogP contribution in [0.5, 0.6) is 5.75 Å². The third kappa shape index (κ3) is 5.45. The zero-order chi connectivity index (χ0) is 21.5. The van der Waals surface area contributed by atoms with Crippen LogP contribution in [-0.2, 0) is 9.53 Å². The molecule has 1 heterocycles. The van der Waals surface area contributed by atoms with Crippen molar-refractivity contribution in [2.45, 2.75) is 13.0 Å². The molecule has 8 heteroatoms. The lowest BCUT2D eigenvalue weighted by Gasteiger charge is -2.14. The zero-order valence-corrected chi connectivity index (χ0v) is 17.2. The Morgan fingerprint density at radius 1 is 0.900 bits per heavy atom. The number of nitrogens with one attached hydrogen (secondary N) is 2. The third-order valence-corrected chi connectivity index (χ3v) is 5.00. The number of carbonyl (C=O) groups is 3. The van der Waals surface area contributed by atoms with Crippen molar-refractivity contribution < 1.29 is 23.9 Å². The van der Waals surface area contributed by atoms with Gasteiger partial charge in [-0.05, 0) is 66.9 Å². The molecule has 0 saturated carbocycles. The molecular formula is C22H20N2O5S. The SMILES string of the molecule is COc1ccc(NC(=O)C(C)OC(=O)c2ccc(NC(=O)c3cccs3)cc2)cc1. The van der Waals surface area contributed by atoms with Crippen LogP contribution in [0.2, 0.25) is 0 Å². The highest BCUT2D eigenvalue weighted by Crippen LogP contribution is 2.17. The first kappa shape index (κ1) is 21.1. The molecule has 0 spiro atoms. The van der Waals surface area contributed by atoms with Gasteiger partial charge in [-0.2, -0.15) is 0 Å². The average Bonchev–Trinajstić information content (AvgIpc) is 3.30. The fourth-order valence-electron chi connectivity index (χ4n) is 2.49. The van der Waals surface area contributed by atoms with E-state index in [1.807, 2.05) is 5.38 Å². The molecule has 7 nitrogen and oxygen atoms in total. The highest BCUT2D eigenvalue weighted by atomic mass is 32.1. The summed E-state index contributed by atoms with van der Waals surface area (Å²) in [6, 6.07) is 16.6. The summed E-state index contributed by atoms with van der Waals surface area (Å²) in [7, 11) is 1.55. The lowest BCUT2D eigenvalue weighted by molar-refractivity contribution is -0.123. The summed E-state index contributed by atoms with van der Waals surface area (Å²) in [5.41, 5.74) is 1.39. The Morgan fingerprint density at radius 2 is 1.53 bits per heavy atom. The molecule has 0 aliphatic carbocycles. The van der Waals surface area contributed by atoms with Crippen molar-refractivity contribution in [1.29, 1.82) is 0 Å². The summed E-state index contributed by atoms with van der Waals surface area (Å²) in [6.45, 7) is 1.49. The van der Waals surface area contributed by atoms with E-state index in [0.29, 0.717) is 22.0 Å². The number of methoxy groups -OCH3 is 1. The number of benzene rings is 2. The standard InChI is InChI=1S/C22H20N2O5S/c1-14(20(25)23-17-9-11-18(28-2)12-10-17)29-22(27)15-5-7-16(8-6-15)24-21(26)19-4-3-13-30-19/h3-14H,1-2H3,(H,23,25)(H,24,26). The Kier molecular flexibility index (Phi) is 6.82. The number of anilines is 2. The van der Waals surface area contributed by atoms with Crippen molar-refractivity contribution in [2.75, 3.05) is 17.7 Å². The normalized spacial score (nSPS) is 11.3. The van der Waals surface area contributed by atoms with Crippen LogP contribution < -0.4 is 15.4 Å². The van der Waals surface area contributed by atoms with Crippen LogP contribution in [-0.4, -0.2) is 31.0 Å². The smallest absolute Gasteiger partial charge is 0.338 e. The van der Waals surface area contributed by atoms with Gasteiger partial charge in [-0.3, -0.25) is 9.59 Å². The van der Waals surface area contributed by atoms with Crippen LogP contribution in [0.25, 0.3) is 0 Å². The van der Waals surface area contributed by atoms with E-state index in [-0.39, 0.29) is 11.5 Å². The van der Waals surface area contributed by atoms with E-state index in [4.69, 9.17) is 9.47 Å². The first-order chi connectivity index (χ1) is 14.5. The molecule has 1 atom stereocenters. The second kappa shape index (κ2) is 9.71. The third-order valence-electron chi connectivity index (χ3n) is 4.13. The van der Waals surface area contributed by atoms with Crippen LogP contribution >= 0.6 is 11.3 Å². The van der Waals surface area contributed by atoms with E-state index < -0.39 is 18.0 Å². The molecule has 0 bridgehead atoms. The highest BCUT2D eigenvalue weighted by Gasteiger charge is 2.19. The first-order valence-corrected chi connectivity index (χ1v) is 9.95. The van der Waals surface area contributed by atoms with Crippen LogP contribution in [0.3, 0.4) is 0 Å². The minimum atomic E-state index is -0.988. The van der Waals surface area contributed by atoms with Crippen LogP contribution in [0.4, 0.5) is 11.4 Å². The molecule has 2 aromatic carbocycles. The quantitative estimate of drug-likeness (QED) is 0.555. The van der Waals surface area contributed by atoms with Crippen molar-refractivity contribution in [1.82, 2.24) is 0 Å². The van der Waals surface area contributed by atoms with E-state index >= 15 is 0 Å². The van der Waals surface area contributed by atoms with E-state index in [0.717, 1.165) is 0 Å². The molecule has 1 aromatic heterocycles. The van der Waals surface area contributed by atoms with E-state index in [2.05, 4.69) is 10.6 Å². The van der Waals surface area contributed by atoms with Gasteiger partial charge in [0.15, 0.2) is 6.10 Å². The maximum absolute atomic E-state index is 12.3. The van der Waals surface area contributed by atoms with Gasteiger partial charge in [0, 0.05) is 11.4 Å². The van der Waals surface area contributed by atoms with Crippen molar-refractivity contribution >= 4 is 40.5 Å². The maximum Gasteiger partial charge on any atom is 0.338 e. The lowest BCUT2D eigenvalue weighted by Crippen LogP contribution is -2.30. The van der Waals surface area contributed by atoms with Crippen LogP contribution in [0, 0.1) is 0 Å². The summed E-state index contributed by atoms with van der Waals surface area (Å²) in [5, 5.41) is 7.25. The Hall–Kier alpha value is -3.65. The first-order valence-electron chi connectivity index (χ1n) is 9.07. The fraction of sp³-hybridized carbons (Fsp3) is 0.136. The van der Waals surface area contributed by atoms with Crippen molar-refractivity contribution in [3.63, 3.8) is 0 Å². The molecular weight excluding hydrogens is 404 g/mol. The number of hydrogen-bond acceptors (Lipinski definition) is 6. The van der Waals surface area contributed by atoms with Crippen molar-refractivity contribution in [3.8, 4) is 5.75 Å². The summed E-state index contributed by atoms with van der Waals surface area (Å²) >= 11 is 1.34. The van der Waals surface area contributed by atoms with Gasteiger partial charge in [-0.25, -0.2) is 4.79 Å². The van der Waals surface area contributed by atoms with Gasteiger partial charge in [0.05, 0.1) is 17.6 Å². The van der Waals surface area contributed by atoms with E-state index in [1.54, 1.807) is 55.6 Å². The molecule has 0 aliphatic rings. The average molecular weight is 424 g/mol. The Bertz CT molecular complexity index is 1010. The van der Waals surface area contributed by atoms with Gasteiger partial charge in [0.2, 0.25) is 0 Å². The molecule has 0 fully saturated rings. The van der Waals surface area contributed by atoms with Crippen LogP contribution in [0.1, 0.15) is 27.0 Å². The molecule has 3 rings (SSSR count). The van der Waals surface area contributed by atoms with Gasteiger partial charge in [0.1, 0.15) is 5.75 Å². The van der Waals surface area contributed by atoms with Crippen molar-refractivity contribution in [3.05, 3.63) is 76.5 Å². The molecule has 3 aromatic rings. The number of amides is 2. The zero-order valence-electron chi connectivity index (χ0n) is 16.4. The number of rotatable bonds is 7. The number of ether oxygens (including phenoxy) is 2. The fourth-order valence-corrected chi connectivity index (χ4v) is 3.11. The lowest BCUT2D eigenvalue weighted by atomic mass is 10.2. The second-order valence-corrected chi connectivity index (χ2v) is 7.22. The van der Waals surface area contributed by atoms with Crippen LogP contribution in [0.15, 0.2) is 66.0 Å². The topological polar surface area (TPSA) is 93.7 Å². The molecule has 1 unspecified atom stereocenters. The molecule has 2 amide bonds. The Morgan fingerprint density at radius 3 is 2.13 bits per heavy atom. The van der Waals surface area contributed by atoms with Gasteiger partial charge >= 0.3 is 5.97 Å². The largest absolute Gasteiger partial charge is 0.497 e. The highest BCUT2D eigenvalue weighted by molar-refractivity contribution is 7.12. The number of thiophene rings is 1. The number of carbonyl (C=O) groups excluding carboxylic acids is 3. The summed E-state index contributed by atoms with van der Waals surface area (Å²) in [5.74, 6) is -0.636. The molecule has 2 N–H and O–H groups in total. The predicted molar refractivity (Wildman–Crippen MR) is 115 cm³/mol. The molecule has 0 saturated heterocycles. The van der Waals surface area contributed by atoms with E-state index in [9.17, 15) is 14.4 Å². The van der Waals surface area contributed by atoms with Crippen molar-refractivity contribution in [2.24, 2.45) is 0 Å². The predicted octanol–water partition coefficient (Wildman–Crippen LogP) is 4.19. The summed E-state index contributed by atoms with van der Waals surface area (Å²) in [4.78, 5) is 37.2. The van der Waals surface area contributed by atoms with Gasteiger partial charge < -0.3 is 20.1 Å². The number of hydrogen-bond donors (Lipinski definition) is 2.